The third-order valence-corrected chi connectivity index (χ3v) is 7.11. The highest BCUT2D eigenvalue weighted by Crippen LogP contribution is 2.29. The van der Waals surface area contributed by atoms with Crippen molar-refractivity contribution in [2.24, 2.45) is 16.5 Å². The zero-order chi connectivity index (χ0) is 25.0. The van der Waals surface area contributed by atoms with Gasteiger partial charge in [-0.05, 0) is 54.7 Å². The van der Waals surface area contributed by atoms with E-state index >= 15 is 0 Å². The molecule has 0 fully saturated rings. The van der Waals surface area contributed by atoms with Gasteiger partial charge in [0, 0.05) is 6.42 Å². The van der Waals surface area contributed by atoms with E-state index in [2.05, 4.69) is 9.71 Å². The maximum Gasteiger partial charge on any atom is 0.322 e. The molecular formula is C25H28N4O4S. The number of guanidine groups is 1. The summed E-state index contributed by atoms with van der Waals surface area (Å²) in [6.07, 6.45) is -0.153. The van der Waals surface area contributed by atoms with E-state index in [1.807, 2.05) is 43.3 Å². The summed E-state index contributed by atoms with van der Waals surface area (Å²) in [5.74, 6) is -1.50. The Kier molecular flexibility index (Phi) is 7.38. The van der Waals surface area contributed by atoms with E-state index in [0.717, 1.165) is 16.7 Å². The first-order valence-corrected chi connectivity index (χ1v) is 12.1. The number of carbonyl (C=O) groups is 1. The van der Waals surface area contributed by atoms with Crippen molar-refractivity contribution < 1.29 is 18.3 Å². The summed E-state index contributed by atoms with van der Waals surface area (Å²) in [6.45, 7) is 5.24. The van der Waals surface area contributed by atoms with Crippen LogP contribution in [0.4, 0.5) is 5.69 Å². The third-order valence-electron chi connectivity index (χ3n) is 5.33. The smallest absolute Gasteiger partial charge is 0.322 e. The van der Waals surface area contributed by atoms with Crippen molar-refractivity contribution in [3.05, 3.63) is 82.9 Å². The Labute approximate surface area is 199 Å². The fourth-order valence-corrected chi connectivity index (χ4v) is 5.67. The Morgan fingerprint density at radius 3 is 2.15 bits per heavy atom. The van der Waals surface area contributed by atoms with Gasteiger partial charge in [0.05, 0.1) is 10.6 Å². The second-order valence-corrected chi connectivity index (χ2v) is 9.84. The van der Waals surface area contributed by atoms with E-state index in [-0.39, 0.29) is 17.3 Å². The molecule has 0 radical (unpaired) electrons. The van der Waals surface area contributed by atoms with Gasteiger partial charge in [-0.15, -0.1) is 0 Å². The topological polar surface area (TPSA) is 148 Å². The number of carboxylic acid groups (broad SMARTS) is 1. The number of rotatable bonds is 8. The second kappa shape index (κ2) is 10.1. The van der Waals surface area contributed by atoms with Crippen LogP contribution in [0.15, 0.2) is 70.6 Å². The van der Waals surface area contributed by atoms with Gasteiger partial charge < -0.3 is 16.6 Å². The van der Waals surface area contributed by atoms with Gasteiger partial charge in [0.2, 0.25) is 10.0 Å². The number of nitrogens with zero attached hydrogens (tertiary/aromatic N) is 1. The van der Waals surface area contributed by atoms with E-state index in [1.165, 1.54) is 0 Å². The highest BCUT2D eigenvalue weighted by Gasteiger charge is 2.28. The van der Waals surface area contributed by atoms with Crippen LogP contribution in [0.5, 0.6) is 0 Å². The number of hydrogen-bond acceptors (Lipinski definition) is 4. The number of hydrogen-bond donors (Lipinski definition) is 4. The molecule has 0 aliphatic rings. The Hall–Kier alpha value is -3.69. The average molecular weight is 481 g/mol. The van der Waals surface area contributed by atoms with Gasteiger partial charge in [-0.2, -0.15) is 4.72 Å². The number of aryl methyl sites for hydroxylation is 3. The zero-order valence-corrected chi connectivity index (χ0v) is 20.1. The van der Waals surface area contributed by atoms with Crippen LogP contribution in [0.2, 0.25) is 0 Å². The van der Waals surface area contributed by atoms with E-state index in [4.69, 9.17) is 11.5 Å². The fourth-order valence-electron chi connectivity index (χ4n) is 4.03. The van der Waals surface area contributed by atoms with Crippen molar-refractivity contribution in [3.8, 4) is 11.1 Å². The van der Waals surface area contributed by atoms with Crippen molar-refractivity contribution in [2.75, 3.05) is 0 Å². The number of sulfonamides is 1. The number of benzene rings is 3. The summed E-state index contributed by atoms with van der Waals surface area (Å²) in [6, 6.07) is 16.9. The molecule has 178 valence electrons. The summed E-state index contributed by atoms with van der Waals surface area (Å²) in [5, 5.41) is 9.82. The molecule has 0 spiro atoms. The number of nitrogens with two attached hydrogens (primary N) is 2. The molecule has 0 saturated carbocycles. The van der Waals surface area contributed by atoms with Gasteiger partial charge >= 0.3 is 5.97 Å². The molecular weight excluding hydrogens is 452 g/mol. The molecule has 3 aromatic carbocycles. The van der Waals surface area contributed by atoms with Crippen LogP contribution < -0.4 is 16.2 Å². The lowest BCUT2D eigenvalue weighted by Crippen LogP contribution is -2.42. The van der Waals surface area contributed by atoms with E-state index in [0.29, 0.717) is 22.4 Å². The third kappa shape index (κ3) is 5.81. The molecule has 0 amide bonds. The molecule has 3 rings (SSSR count). The first-order chi connectivity index (χ1) is 16.0. The average Bonchev–Trinajstić information content (AvgIpc) is 2.73. The lowest BCUT2D eigenvalue weighted by atomic mass is 9.99. The molecule has 0 heterocycles. The Morgan fingerprint density at radius 1 is 0.971 bits per heavy atom. The Bertz CT molecular complexity index is 1330. The fraction of sp³-hybridized carbons (Fsp3) is 0.200. The molecule has 9 heteroatoms. The minimum Gasteiger partial charge on any atom is -0.480 e. The van der Waals surface area contributed by atoms with Crippen LogP contribution in [0.25, 0.3) is 11.1 Å². The molecule has 8 nitrogen and oxygen atoms in total. The van der Waals surface area contributed by atoms with Crippen LogP contribution >= 0.6 is 0 Å². The van der Waals surface area contributed by atoms with Crippen molar-refractivity contribution in [1.29, 1.82) is 0 Å². The highest BCUT2D eigenvalue weighted by molar-refractivity contribution is 7.89. The summed E-state index contributed by atoms with van der Waals surface area (Å²) in [7, 11) is -4.11. The van der Waals surface area contributed by atoms with Crippen molar-refractivity contribution in [3.63, 3.8) is 0 Å². The summed E-state index contributed by atoms with van der Waals surface area (Å²) in [4.78, 5) is 16.3. The molecule has 0 aliphatic carbocycles. The van der Waals surface area contributed by atoms with Crippen molar-refractivity contribution >= 4 is 27.6 Å². The van der Waals surface area contributed by atoms with E-state index in [9.17, 15) is 18.3 Å². The summed E-state index contributed by atoms with van der Waals surface area (Å²) in [5.41, 5.74) is 15.8. The van der Waals surface area contributed by atoms with Gasteiger partial charge in [0.25, 0.3) is 0 Å². The molecule has 1 unspecified atom stereocenters. The van der Waals surface area contributed by atoms with E-state index < -0.39 is 22.0 Å². The van der Waals surface area contributed by atoms with Gasteiger partial charge in [0.15, 0.2) is 5.96 Å². The Morgan fingerprint density at radius 2 is 1.59 bits per heavy atom. The maximum atomic E-state index is 13.2. The van der Waals surface area contributed by atoms with Crippen LogP contribution in [-0.4, -0.2) is 31.5 Å². The lowest BCUT2D eigenvalue weighted by molar-refractivity contribution is -0.138. The standard InChI is InChI=1S/C25H28N4O4S/c1-15-11-16(2)23(17(3)12-15)34(32,33)29-22(24(30)31)14-20-10-9-19(13-21(20)28-25(26)27)18-7-5-4-6-8-18/h4-13,22,29H,14H2,1-3H3,(H,30,31)(H4,26,27,28). The SMILES string of the molecule is Cc1cc(C)c(S(=O)(=O)NC(Cc2ccc(-c3ccccc3)cc2N=C(N)N)C(=O)O)c(C)c1. The summed E-state index contributed by atoms with van der Waals surface area (Å²) < 4.78 is 28.6. The Balaban J connectivity index is 1.98. The predicted octanol–water partition coefficient (Wildman–Crippen LogP) is 3.16. The molecule has 0 aromatic heterocycles. The molecule has 34 heavy (non-hydrogen) atoms. The van der Waals surface area contributed by atoms with Gasteiger partial charge in [0.1, 0.15) is 6.04 Å². The minimum atomic E-state index is -4.11. The quantitative estimate of drug-likeness (QED) is 0.287. The zero-order valence-electron chi connectivity index (χ0n) is 19.2. The van der Waals surface area contributed by atoms with Crippen LogP contribution in [0.1, 0.15) is 22.3 Å². The largest absolute Gasteiger partial charge is 0.480 e. The monoisotopic (exact) mass is 480 g/mol. The van der Waals surface area contributed by atoms with Crippen molar-refractivity contribution in [1.82, 2.24) is 4.72 Å². The molecule has 0 bridgehead atoms. The van der Waals surface area contributed by atoms with Gasteiger partial charge in [-0.1, -0.05) is 60.2 Å². The maximum absolute atomic E-state index is 13.2. The summed E-state index contributed by atoms with van der Waals surface area (Å²) >= 11 is 0. The van der Waals surface area contributed by atoms with Gasteiger partial charge in [-0.25, -0.2) is 13.4 Å². The van der Waals surface area contributed by atoms with Crippen LogP contribution in [0, 0.1) is 20.8 Å². The minimum absolute atomic E-state index is 0.0771. The first-order valence-electron chi connectivity index (χ1n) is 10.6. The molecule has 3 aromatic rings. The van der Waals surface area contributed by atoms with Crippen LogP contribution in [0.3, 0.4) is 0 Å². The lowest BCUT2D eigenvalue weighted by Gasteiger charge is -2.19. The molecule has 1 atom stereocenters. The number of aliphatic carboxylic acids is 1. The molecule has 6 N–H and O–H groups in total. The van der Waals surface area contributed by atoms with Crippen molar-refractivity contribution in [2.45, 2.75) is 38.1 Å². The second-order valence-electron chi connectivity index (χ2n) is 8.19. The van der Waals surface area contributed by atoms with E-state index in [1.54, 1.807) is 38.1 Å². The molecule has 0 aliphatic heterocycles. The van der Waals surface area contributed by atoms with Crippen LogP contribution in [-0.2, 0) is 21.2 Å². The highest BCUT2D eigenvalue weighted by atomic mass is 32.2. The first kappa shape index (κ1) is 24.9. The van der Waals surface area contributed by atoms with Gasteiger partial charge in [-0.3, -0.25) is 4.79 Å². The predicted molar refractivity (Wildman–Crippen MR) is 133 cm³/mol. The molecule has 0 saturated heterocycles. The number of carboxylic acids is 1. The number of nitrogens with one attached hydrogen (secondary N) is 1. The number of aliphatic imine (C=N–C) groups is 1. The normalized spacial score (nSPS) is 12.2.